The zero-order valence-electron chi connectivity index (χ0n) is 19.8. The summed E-state index contributed by atoms with van der Waals surface area (Å²) in [6, 6.07) is 14.5. The van der Waals surface area contributed by atoms with Gasteiger partial charge in [-0.25, -0.2) is 17.9 Å². The van der Waals surface area contributed by atoms with Gasteiger partial charge in [-0.15, -0.1) is 0 Å². The Kier molecular flexibility index (Phi) is 5.89. The van der Waals surface area contributed by atoms with E-state index in [1.54, 1.807) is 16.9 Å². The van der Waals surface area contributed by atoms with Crippen molar-refractivity contribution in [3.63, 3.8) is 0 Å². The predicted octanol–water partition coefficient (Wildman–Crippen LogP) is 3.55. The highest BCUT2D eigenvalue weighted by atomic mass is 32.2. The van der Waals surface area contributed by atoms with Gasteiger partial charge in [-0.1, -0.05) is 30.3 Å². The van der Waals surface area contributed by atoms with E-state index in [-0.39, 0.29) is 5.25 Å². The van der Waals surface area contributed by atoms with Crippen LogP contribution in [0.3, 0.4) is 0 Å². The summed E-state index contributed by atoms with van der Waals surface area (Å²) in [6.45, 7) is 3.71. The maximum absolute atomic E-state index is 12.5. The van der Waals surface area contributed by atoms with Gasteiger partial charge >= 0.3 is 0 Å². The zero-order chi connectivity index (χ0) is 23.8. The van der Waals surface area contributed by atoms with E-state index in [0.29, 0.717) is 24.8 Å². The van der Waals surface area contributed by atoms with Crippen molar-refractivity contribution >= 4 is 15.7 Å². The van der Waals surface area contributed by atoms with Crippen LogP contribution in [0.5, 0.6) is 0 Å². The zero-order valence-corrected chi connectivity index (χ0v) is 20.6. The first-order valence-electron chi connectivity index (χ1n) is 12.5. The number of likely N-dealkylation sites (tertiary alicyclic amines) is 1. The smallest absolute Gasteiger partial charge is 0.256 e. The molecule has 1 aliphatic heterocycles. The molecule has 0 N–H and O–H groups in total. The molecule has 2 fully saturated rings. The molecule has 0 spiro atoms. The van der Waals surface area contributed by atoms with Gasteiger partial charge in [0.05, 0.1) is 23.3 Å². The number of hydrogen-bond acceptors (Lipinski definition) is 6. The molecule has 35 heavy (non-hydrogen) atoms. The maximum Gasteiger partial charge on any atom is 0.256 e. The minimum atomic E-state index is -3.40. The fraction of sp³-hybridized carbons (Fsp3) is 0.423. The van der Waals surface area contributed by atoms with Crippen molar-refractivity contribution in [1.29, 1.82) is 0 Å². The lowest BCUT2D eigenvalue weighted by molar-refractivity contribution is 0.334. The Bertz CT molecular complexity index is 1430. The molecule has 6 rings (SSSR count). The van der Waals surface area contributed by atoms with Crippen LogP contribution >= 0.6 is 0 Å². The third kappa shape index (κ3) is 4.75. The summed E-state index contributed by atoms with van der Waals surface area (Å²) in [5.41, 5.74) is 4.75. The topological polar surface area (TPSA) is 85.4 Å². The van der Waals surface area contributed by atoms with Crippen LogP contribution < -0.4 is 0 Å². The van der Waals surface area contributed by atoms with E-state index >= 15 is 0 Å². The summed E-state index contributed by atoms with van der Waals surface area (Å²) in [6.07, 6.45) is 10.2. The normalized spacial score (nSPS) is 16.9. The van der Waals surface area contributed by atoms with Crippen LogP contribution in [0, 0.1) is 0 Å². The van der Waals surface area contributed by atoms with Gasteiger partial charge in [-0.2, -0.15) is 14.3 Å². The Balaban J connectivity index is 1.16. The van der Waals surface area contributed by atoms with Crippen LogP contribution in [0.4, 0.5) is 0 Å². The van der Waals surface area contributed by atoms with E-state index < -0.39 is 10.0 Å². The molecule has 2 aliphatic rings. The van der Waals surface area contributed by atoms with Crippen LogP contribution in [0.25, 0.3) is 16.9 Å². The Morgan fingerprint density at radius 1 is 0.971 bits per heavy atom. The van der Waals surface area contributed by atoms with Crippen LogP contribution in [-0.2, 0) is 22.9 Å². The molecule has 4 aromatic rings. The van der Waals surface area contributed by atoms with Crippen LogP contribution in [0.1, 0.15) is 49.1 Å². The minimum Gasteiger partial charge on any atom is -0.303 e. The first-order chi connectivity index (χ1) is 17.1. The predicted molar refractivity (Wildman–Crippen MR) is 135 cm³/mol. The van der Waals surface area contributed by atoms with Crippen LogP contribution in [0.2, 0.25) is 0 Å². The second-order valence-electron chi connectivity index (χ2n) is 9.70. The third-order valence-corrected chi connectivity index (χ3v) is 9.02. The van der Waals surface area contributed by atoms with E-state index in [1.165, 1.54) is 50.0 Å². The summed E-state index contributed by atoms with van der Waals surface area (Å²) in [5.74, 6) is 0.734. The summed E-state index contributed by atoms with van der Waals surface area (Å²) >= 11 is 0. The molecule has 9 heteroatoms. The highest BCUT2D eigenvalue weighted by Gasteiger charge is 2.37. The molecule has 1 aliphatic carbocycles. The first kappa shape index (κ1) is 22.4. The van der Waals surface area contributed by atoms with Crippen molar-refractivity contribution in [3.05, 3.63) is 71.8 Å². The fourth-order valence-electron chi connectivity index (χ4n) is 4.86. The molecule has 4 heterocycles. The lowest BCUT2D eigenvalue weighted by atomic mass is 10.1. The molecular formula is C26H30N6O2S. The lowest BCUT2D eigenvalue weighted by Crippen LogP contribution is -2.20. The van der Waals surface area contributed by atoms with Gasteiger partial charge in [0.2, 0.25) is 0 Å². The van der Waals surface area contributed by atoms with E-state index in [0.717, 1.165) is 27.7 Å². The molecular weight excluding hydrogens is 460 g/mol. The minimum absolute atomic E-state index is 0.305. The van der Waals surface area contributed by atoms with E-state index in [4.69, 9.17) is 10.1 Å². The Morgan fingerprint density at radius 3 is 2.51 bits per heavy atom. The Hall–Kier alpha value is -3.04. The van der Waals surface area contributed by atoms with Crippen molar-refractivity contribution in [2.45, 2.75) is 50.2 Å². The molecule has 1 saturated carbocycles. The number of rotatable bonds is 9. The number of fused-ring (bicyclic) bond motifs is 1. The van der Waals surface area contributed by atoms with Gasteiger partial charge in [0.15, 0.2) is 11.5 Å². The second-order valence-corrected chi connectivity index (χ2v) is 11.8. The van der Waals surface area contributed by atoms with E-state index in [2.05, 4.69) is 34.3 Å². The summed E-state index contributed by atoms with van der Waals surface area (Å²) in [7, 11) is -3.40. The van der Waals surface area contributed by atoms with Gasteiger partial charge in [-0.05, 0) is 81.4 Å². The molecule has 0 radical (unpaired) electrons. The molecule has 1 aromatic carbocycles. The van der Waals surface area contributed by atoms with Gasteiger partial charge in [0.25, 0.3) is 10.0 Å². The molecule has 0 bridgehead atoms. The monoisotopic (exact) mass is 490 g/mol. The largest absolute Gasteiger partial charge is 0.303 e. The van der Waals surface area contributed by atoms with Crippen molar-refractivity contribution < 1.29 is 8.42 Å². The number of nitrogens with zero attached hydrogens (tertiary/aromatic N) is 6. The molecule has 8 nitrogen and oxygen atoms in total. The molecule has 3 aromatic heterocycles. The standard InChI is InChI=1S/C26H30N6O2S/c33-35(34,23-12-13-23)31-19-22(18-27-31)24-6-3-7-26-28-25(29-32(24)26)17-21-10-8-20(9-11-21)5-4-16-30-14-1-2-15-30/h3,6-11,18-19,23H,1-2,4-5,12-17H2. The number of pyridine rings is 1. The third-order valence-electron chi connectivity index (χ3n) is 6.99. The van der Waals surface area contributed by atoms with E-state index in [1.807, 2.05) is 18.2 Å². The Morgan fingerprint density at radius 2 is 1.74 bits per heavy atom. The summed E-state index contributed by atoms with van der Waals surface area (Å²) in [5, 5.41) is 8.55. The SMILES string of the molecule is O=S(=O)(C1CC1)n1cc(-c2cccc3nc(Cc4ccc(CCCN5CCCC5)cc4)nn23)cn1. The van der Waals surface area contributed by atoms with Crippen LogP contribution in [0.15, 0.2) is 54.9 Å². The number of hydrogen-bond donors (Lipinski definition) is 0. The average molecular weight is 491 g/mol. The van der Waals surface area contributed by atoms with Crippen molar-refractivity contribution in [3.8, 4) is 11.3 Å². The van der Waals surface area contributed by atoms with Gasteiger partial charge in [-0.3, -0.25) is 0 Å². The first-order valence-corrected chi connectivity index (χ1v) is 14.0. The maximum atomic E-state index is 12.5. The van der Waals surface area contributed by atoms with Gasteiger partial charge < -0.3 is 4.90 Å². The average Bonchev–Trinajstić information content (AvgIpc) is 3.23. The summed E-state index contributed by atoms with van der Waals surface area (Å²) < 4.78 is 27.9. The van der Waals surface area contributed by atoms with E-state index in [9.17, 15) is 8.42 Å². The second kappa shape index (κ2) is 9.20. The highest BCUT2D eigenvalue weighted by molar-refractivity contribution is 7.90. The molecule has 182 valence electrons. The molecule has 0 atom stereocenters. The van der Waals surface area contributed by atoms with Gasteiger partial charge in [0.1, 0.15) is 0 Å². The molecule has 0 unspecified atom stereocenters. The Labute approximate surface area is 205 Å². The number of benzene rings is 1. The summed E-state index contributed by atoms with van der Waals surface area (Å²) in [4.78, 5) is 7.27. The number of aromatic nitrogens is 5. The van der Waals surface area contributed by atoms with Crippen LogP contribution in [-0.4, -0.2) is 62.0 Å². The molecule has 1 saturated heterocycles. The van der Waals surface area contributed by atoms with Crippen molar-refractivity contribution in [2.75, 3.05) is 19.6 Å². The van der Waals surface area contributed by atoms with Gasteiger partial charge in [0, 0.05) is 12.0 Å². The quantitative estimate of drug-likeness (QED) is 0.357. The lowest BCUT2D eigenvalue weighted by Gasteiger charge is -2.13. The number of aryl methyl sites for hydroxylation is 1. The van der Waals surface area contributed by atoms with Crippen molar-refractivity contribution in [2.24, 2.45) is 0 Å². The highest BCUT2D eigenvalue weighted by Crippen LogP contribution is 2.30. The molecule has 0 amide bonds. The fourth-order valence-corrected chi connectivity index (χ4v) is 6.33. The van der Waals surface area contributed by atoms with Crippen molar-refractivity contribution in [1.82, 2.24) is 28.7 Å².